The molecular weight excluding hydrogens is 410 g/mol. The molecule has 0 saturated heterocycles. The van der Waals surface area contributed by atoms with Crippen LogP contribution in [0.4, 0.5) is 14.6 Å². The summed E-state index contributed by atoms with van der Waals surface area (Å²) in [6.45, 7) is 3.77. The number of halogens is 2. The first-order chi connectivity index (χ1) is 15.3. The fourth-order valence-electron chi connectivity index (χ4n) is 6.10. The van der Waals surface area contributed by atoms with Gasteiger partial charge in [0.05, 0.1) is 16.9 Å². The van der Waals surface area contributed by atoms with E-state index in [0.29, 0.717) is 29.5 Å². The van der Waals surface area contributed by atoms with Crippen LogP contribution in [0.3, 0.4) is 0 Å². The molecule has 4 aliphatic carbocycles. The molecule has 7 heteroatoms. The van der Waals surface area contributed by atoms with E-state index in [0.717, 1.165) is 28.9 Å². The predicted molar refractivity (Wildman–Crippen MR) is 119 cm³/mol. The normalized spacial score (nSPS) is 26.1. The highest BCUT2D eigenvalue weighted by Gasteiger charge is 2.45. The standard InChI is InChI=1S/C25H26F2N4O/c1-13(17-4-3-5-20-18(17)6-7-25(20,26)27)28-24-19-12-31(22-10-15-8-16(22)9-15)23(32)11-21(19)29-14(2)30-24/h3-5,11-13,15-16,22H,6-10H2,1-2H3,(H,28,29,30)/t13?,15?,16?,22-/m0/s1. The van der Waals surface area contributed by atoms with E-state index >= 15 is 0 Å². The van der Waals surface area contributed by atoms with Crippen LogP contribution in [0, 0.1) is 18.8 Å². The van der Waals surface area contributed by atoms with Crippen molar-refractivity contribution in [2.24, 2.45) is 11.8 Å². The first-order valence-corrected chi connectivity index (χ1v) is 11.5. The molecule has 4 aliphatic rings. The molecular formula is C25H26F2N4O. The molecule has 1 unspecified atom stereocenters. The van der Waals surface area contributed by atoms with Gasteiger partial charge in [0, 0.05) is 30.3 Å². The van der Waals surface area contributed by atoms with Crippen molar-refractivity contribution in [3.05, 3.63) is 63.3 Å². The molecule has 32 heavy (non-hydrogen) atoms. The van der Waals surface area contributed by atoms with Crippen LogP contribution in [0.25, 0.3) is 10.9 Å². The number of nitrogens with one attached hydrogen (secondary N) is 1. The van der Waals surface area contributed by atoms with Crippen LogP contribution in [0.2, 0.25) is 0 Å². The number of hydrogen-bond acceptors (Lipinski definition) is 4. The average molecular weight is 437 g/mol. The van der Waals surface area contributed by atoms with Gasteiger partial charge in [0.1, 0.15) is 11.6 Å². The van der Waals surface area contributed by atoms with Gasteiger partial charge in [-0.05, 0) is 62.5 Å². The van der Waals surface area contributed by atoms with Gasteiger partial charge in [-0.2, -0.15) is 0 Å². The number of aromatic nitrogens is 3. The largest absolute Gasteiger partial charge is 0.363 e. The highest BCUT2D eigenvalue weighted by molar-refractivity contribution is 5.88. The highest BCUT2D eigenvalue weighted by atomic mass is 19.3. The Kier molecular flexibility index (Phi) is 4.23. The lowest BCUT2D eigenvalue weighted by Crippen LogP contribution is -2.26. The SMILES string of the molecule is Cc1nc(NC(C)c2cccc3c2CCC3(F)F)c2cn([C@H]3CC4CC3C4)c(=O)cc2n1. The Bertz CT molecular complexity index is 1300. The van der Waals surface area contributed by atoms with Gasteiger partial charge in [-0.3, -0.25) is 4.79 Å². The van der Waals surface area contributed by atoms with Crippen molar-refractivity contribution in [2.45, 2.75) is 64.0 Å². The third kappa shape index (κ3) is 2.97. The minimum absolute atomic E-state index is 0.0183. The van der Waals surface area contributed by atoms with Gasteiger partial charge in [0.15, 0.2) is 0 Å². The Hall–Kier alpha value is -2.83. The third-order valence-electron chi connectivity index (χ3n) is 7.73. The van der Waals surface area contributed by atoms with Crippen molar-refractivity contribution in [1.29, 1.82) is 0 Å². The molecule has 0 aliphatic heterocycles. The van der Waals surface area contributed by atoms with E-state index in [-0.39, 0.29) is 29.6 Å². The number of rotatable bonds is 4. The monoisotopic (exact) mass is 436 g/mol. The summed E-state index contributed by atoms with van der Waals surface area (Å²) in [6.07, 6.45) is 5.62. The van der Waals surface area contributed by atoms with Crippen LogP contribution in [0.15, 0.2) is 35.3 Å². The van der Waals surface area contributed by atoms with Crippen LogP contribution in [-0.4, -0.2) is 14.5 Å². The molecule has 2 atom stereocenters. The van der Waals surface area contributed by atoms with Crippen molar-refractivity contribution in [1.82, 2.24) is 14.5 Å². The van der Waals surface area contributed by atoms with E-state index in [1.165, 1.54) is 18.9 Å². The summed E-state index contributed by atoms with van der Waals surface area (Å²) in [6, 6.07) is 6.80. The van der Waals surface area contributed by atoms with Gasteiger partial charge < -0.3 is 9.88 Å². The molecule has 0 radical (unpaired) electrons. The van der Waals surface area contributed by atoms with Crippen molar-refractivity contribution < 1.29 is 8.78 Å². The number of aryl methyl sites for hydroxylation is 1. The number of hydrogen-bond donors (Lipinski definition) is 1. The molecule has 1 aromatic carbocycles. The van der Waals surface area contributed by atoms with Crippen LogP contribution >= 0.6 is 0 Å². The Labute approximate surface area is 184 Å². The molecule has 2 aromatic heterocycles. The van der Waals surface area contributed by atoms with E-state index in [2.05, 4.69) is 15.3 Å². The lowest BCUT2D eigenvalue weighted by atomic mass is 9.84. The molecule has 1 N–H and O–H groups in total. The van der Waals surface area contributed by atoms with Gasteiger partial charge in [-0.15, -0.1) is 0 Å². The summed E-state index contributed by atoms with van der Waals surface area (Å²) >= 11 is 0. The highest BCUT2D eigenvalue weighted by Crippen LogP contribution is 2.54. The zero-order chi connectivity index (χ0) is 22.2. The molecule has 166 valence electrons. The lowest BCUT2D eigenvalue weighted by Gasteiger charge is -2.25. The smallest absolute Gasteiger partial charge is 0.273 e. The number of pyridine rings is 1. The maximum absolute atomic E-state index is 14.3. The molecule has 2 bridgehead atoms. The average Bonchev–Trinajstić information content (AvgIpc) is 3.40. The summed E-state index contributed by atoms with van der Waals surface area (Å²) < 4.78 is 30.4. The minimum Gasteiger partial charge on any atom is -0.363 e. The Balaban J connectivity index is 1.40. The maximum Gasteiger partial charge on any atom is 0.273 e. The van der Waals surface area contributed by atoms with E-state index in [1.54, 1.807) is 19.1 Å². The maximum atomic E-state index is 14.3. The summed E-state index contributed by atoms with van der Waals surface area (Å²) in [4.78, 5) is 22.0. The van der Waals surface area contributed by atoms with E-state index in [4.69, 9.17) is 0 Å². The van der Waals surface area contributed by atoms with Crippen molar-refractivity contribution >= 4 is 16.7 Å². The summed E-state index contributed by atoms with van der Waals surface area (Å²) in [5, 5.41) is 4.24. The van der Waals surface area contributed by atoms with E-state index in [1.807, 2.05) is 23.8 Å². The first kappa shape index (κ1) is 19.8. The number of fused-ring (bicyclic) bond motifs is 3. The summed E-state index contributed by atoms with van der Waals surface area (Å²) in [7, 11) is 0. The molecule has 5 nitrogen and oxygen atoms in total. The van der Waals surface area contributed by atoms with Crippen molar-refractivity contribution in [3.63, 3.8) is 0 Å². The molecule has 3 aromatic rings. The minimum atomic E-state index is -2.76. The molecule has 2 heterocycles. The van der Waals surface area contributed by atoms with E-state index < -0.39 is 5.92 Å². The van der Waals surface area contributed by atoms with Gasteiger partial charge in [-0.1, -0.05) is 18.2 Å². The molecule has 0 amide bonds. The number of anilines is 1. The molecule has 3 saturated carbocycles. The fourth-order valence-corrected chi connectivity index (χ4v) is 6.10. The van der Waals surface area contributed by atoms with Crippen LogP contribution in [0.5, 0.6) is 0 Å². The second kappa shape index (κ2) is 6.83. The predicted octanol–water partition coefficient (Wildman–Crippen LogP) is 5.28. The van der Waals surface area contributed by atoms with Crippen LogP contribution in [0.1, 0.15) is 67.2 Å². The Morgan fingerprint density at radius 1 is 1.22 bits per heavy atom. The lowest BCUT2D eigenvalue weighted by molar-refractivity contribution is -0.00184. The van der Waals surface area contributed by atoms with Crippen LogP contribution < -0.4 is 10.9 Å². The Morgan fingerprint density at radius 2 is 2.03 bits per heavy atom. The zero-order valence-corrected chi connectivity index (χ0v) is 18.2. The second-order valence-corrected chi connectivity index (χ2v) is 9.78. The van der Waals surface area contributed by atoms with Gasteiger partial charge in [0.25, 0.3) is 11.5 Å². The first-order valence-electron chi connectivity index (χ1n) is 11.5. The fraction of sp³-hybridized carbons (Fsp3) is 0.480. The van der Waals surface area contributed by atoms with Gasteiger partial charge in [0.2, 0.25) is 0 Å². The Morgan fingerprint density at radius 3 is 2.78 bits per heavy atom. The zero-order valence-electron chi connectivity index (χ0n) is 18.2. The van der Waals surface area contributed by atoms with E-state index in [9.17, 15) is 13.6 Å². The van der Waals surface area contributed by atoms with Crippen molar-refractivity contribution in [3.8, 4) is 0 Å². The molecule has 0 spiro atoms. The van der Waals surface area contributed by atoms with Crippen molar-refractivity contribution in [2.75, 3.05) is 5.32 Å². The number of alkyl halides is 2. The van der Waals surface area contributed by atoms with Crippen LogP contribution in [-0.2, 0) is 12.3 Å². The third-order valence-corrected chi connectivity index (χ3v) is 7.73. The number of nitrogens with zero attached hydrogens (tertiary/aromatic N) is 3. The van der Waals surface area contributed by atoms with Gasteiger partial charge >= 0.3 is 0 Å². The number of benzene rings is 1. The topological polar surface area (TPSA) is 59.8 Å². The quantitative estimate of drug-likeness (QED) is 0.604. The molecule has 7 rings (SSSR count). The van der Waals surface area contributed by atoms with Gasteiger partial charge in [-0.25, -0.2) is 18.7 Å². The summed E-state index contributed by atoms with van der Waals surface area (Å²) in [5.41, 5.74) is 2.34. The summed E-state index contributed by atoms with van der Waals surface area (Å²) in [5.74, 6) is -0.219. The second-order valence-electron chi connectivity index (χ2n) is 9.78. The molecule has 3 fully saturated rings.